The van der Waals surface area contributed by atoms with Crippen LogP contribution in [0.2, 0.25) is 0 Å². The first-order valence-corrected chi connectivity index (χ1v) is 10.8. The molecule has 0 bridgehead atoms. The number of benzene rings is 2. The Morgan fingerprint density at radius 3 is 2.79 bits per heavy atom. The average Bonchev–Trinajstić information content (AvgIpc) is 3.14. The molecule has 0 aliphatic rings. The van der Waals surface area contributed by atoms with Crippen LogP contribution in [0.4, 0.5) is 0 Å². The molecule has 1 unspecified atom stereocenters. The fourth-order valence-corrected chi connectivity index (χ4v) is 4.29. The van der Waals surface area contributed by atoms with Crippen molar-refractivity contribution in [2.24, 2.45) is 0 Å². The molecule has 0 spiro atoms. The monoisotopic (exact) mass is 470 g/mol. The lowest BCUT2D eigenvalue weighted by atomic mass is 10.1. The minimum absolute atomic E-state index is 0.0944. The Morgan fingerprint density at radius 1 is 1.24 bits per heavy atom. The molecule has 0 saturated carbocycles. The average molecular weight is 471 g/mol. The lowest BCUT2D eigenvalue weighted by Crippen LogP contribution is -2.30. The quantitative estimate of drug-likeness (QED) is 0.445. The van der Waals surface area contributed by atoms with E-state index in [9.17, 15) is 9.90 Å². The molecule has 29 heavy (non-hydrogen) atoms. The Hall–Kier alpha value is -2.48. The minimum Gasteiger partial charge on any atom is -0.491 e. The van der Waals surface area contributed by atoms with Crippen LogP contribution in [0.5, 0.6) is 5.75 Å². The molecule has 2 heterocycles. The molecule has 0 radical (unpaired) electrons. The SMILES string of the molecule is Cc1cccc(OCC(O)Cn2cnc3scc(-c4ccc(Br)cc4)c3c2=O)c1. The van der Waals surface area contributed by atoms with Gasteiger partial charge in [0.2, 0.25) is 0 Å². The molecule has 0 aliphatic heterocycles. The Bertz CT molecular complexity index is 1200. The fraction of sp³-hybridized carbons (Fsp3) is 0.182. The summed E-state index contributed by atoms with van der Waals surface area (Å²) in [5, 5.41) is 12.9. The largest absolute Gasteiger partial charge is 0.491 e. The number of hydrogen-bond acceptors (Lipinski definition) is 5. The summed E-state index contributed by atoms with van der Waals surface area (Å²) in [6.07, 6.45) is 0.657. The summed E-state index contributed by atoms with van der Waals surface area (Å²) in [5.74, 6) is 0.695. The van der Waals surface area contributed by atoms with Gasteiger partial charge in [-0.15, -0.1) is 11.3 Å². The number of aryl methyl sites for hydroxylation is 1. The number of aliphatic hydroxyl groups is 1. The fourth-order valence-electron chi connectivity index (χ4n) is 3.12. The second kappa shape index (κ2) is 8.49. The second-order valence-corrected chi connectivity index (χ2v) is 8.59. The van der Waals surface area contributed by atoms with Crippen molar-refractivity contribution in [3.63, 3.8) is 0 Å². The molecule has 4 rings (SSSR count). The summed E-state index contributed by atoms with van der Waals surface area (Å²) in [7, 11) is 0. The Morgan fingerprint density at radius 2 is 2.03 bits per heavy atom. The molecule has 2 aromatic heterocycles. The summed E-state index contributed by atoms with van der Waals surface area (Å²) in [4.78, 5) is 18.2. The predicted molar refractivity (Wildman–Crippen MR) is 120 cm³/mol. The first-order chi connectivity index (χ1) is 14.0. The third kappa shape index (κ3) is 4.42. The summed E-state index contributed by atoms with van der Waals surface area (Å²) in [5.41, 5.74) is 2.74. The number of halogens is 1. The van der Waals surface area contributed by atoms with Gasteiger partial charge in [-0.25, -0.2) is 4.98 Å². The number of nitrogens with zero attached hydrogens (tertiary/aromatic N) is 2. The van der Waals surface area contributed by atoms with E-state index in [4.69, 9.17) is 4.74 Å². The van der Waals surface area contributed by atoms with Crippen LogP contribution in [0.25, 0.3) is 21.3 Å². The standard InChI is InChI=1S/C22H19BrN2O3S/c1-14-3-2-4-18(9-14)28-11-17(26)10-25-13-24-21-20(22(25)27)19(12-29-21)15-5-7-16(23)8-6-15/h2-9,12-13,17,26H,10-11H2,1H3. The van der Waals surface area contributed by atoms with Crippen LogP contribution in [-0.2, 0) is 6.54 Å². The van der Waals surface area contributed by atoms with Crippen molar-refractivity contribution < 1.29 is 9.84 Å². The van der Waals surface area contributed by atoms with Crippen molar-refractivity contribution in [2.75, 3.05) is 6.61 Å². The second-order valence-electron chi connectivity index (χ2n) is 6.82. The molecule has 4 aromatic rings. The minimum atomic E-state index is -0.831. The highest BCUT2D eigenvalue weighted by molar-refractivity contribution is 9.10. The van der Waals surface area contributed by atoms with Crippen molar-refractivity contribution in [3.8, 4) is 16.9 Å². The van der Waals surface area contributed by atoms with Crippen molar-refractivity contribution in [2.45, 2.75) is 19.6 Å². The number of ether oxygens (including phenoxy) is 1. The third-order valence-corrected chi connectivity index (χ3v) is 5.97. The van der Waals surface area contributed by atoms with E-state index in [1.54, 1.807) is 0 Å². The van der Waals surface area contributed by atoms with E-state index in [0.717, 1.165) is 21.2 Å². The maximum atomic E-state index is 13.1. The molecule has 0 saturated heterocycles. The topological polar surface area (TPSA) is 64.3 Å². The molecule has 0 aliphatic carbocycles. The van der Waals surface area contributed by atoms with Gasteiger partial charge in [-0.05, 0) is 42.3 Å². The van der Waals surface area contributed by atoms with Crippen molar-refractivity contribution in [1.82, 2.24) is 9.55 Å². The molecule has 2 aromatic carbocycles. The number of hydrogen-bond donors (Lipinski definition) is 1. The maximum Gasteiger partial charge on any atom is 0.262 e. The van der Waals surface area contributed by atoms with E-state index in [1.165, 1.54) is 22.2 Å². The van der Waals surface area contributed by atoms with Gasteiger partial charge >= 0.3 is 0 Å². The molecule has 1 atom stereocenters. The molecule has 0 fully saturated rings. The van der Waals surface area contributed by atoms with E-state index in [2.05, 4.69) is 20.9 Å². The van der Waals surface area contributed by atoms with Gasteiger partial charge in [-0.2, -0.15) is 0 Å². The predicted octanol–water partition coefficient (Wildman–Crippen LogP) is 4.64. The molecule has 5 nitrogen and oxygen atoms in total. The van der Waals surface area contributed by atoms with Crippen LogP contribution in [-0.4, -0.2) is 27.4 Å². The van der Waals surface area contributed by atoms with Gasteiger partial charge in [-0.3, -0.25) is 9.36 Å². The molecular weight excluding hydrogens is 452 g/mol. The Labute approximate surface area is 180 Å². The van der Waals surface area contributed by atoms with Crippen molar-refractivity contribution in [3.05, 3.63) is 80.6 Å². The molecule has 7 heteroatoms. The highest BCUT2D eigenvalue weighted by Gasteiger charge is 2.15. The van der Waals surface area contributed by atoms with Crippen LogP contribution in [0.15, 0.2) is 69.5 Å². The van der Waals surface area contributed by atoms with Crippen LogP contribution in [0, 0.1) is 6.92 Å². The van der Waals surface area contributed by atoms with E-state index < -0.39 is 6.10 Å². The van der Waals surface area contributed by atoms with Gasteiger partial charge in [0.1, 0.15) is 23.3 Å². The Kier molecular flexibility index (Phi) is 5.80. The Balaban J connectivity index is 1.56. The van der Waals surface area contributed by atoms with E-state index >= 15 is 0 Å². The highest BCUT2D eigenvalue weighted by Crippen LogP contribution is 2.31. The van der Waals surface area contributed by atoms with Crippen molar-refractivity contribution in [1.29, 1.82) is 0 Å². The van der Waals surface area contributed by atoms with Gasteiger partial charge in [0, 0.05) is 15.4 Å². The number of thiophene rings is 1. The highest BCUT2D eigenvalue weighted by atomic mass is 79.9. The van der Waals surface area contributed by atoms with Crippen molar-refractivity contribution >= 4 is 37.5 Å². The third-order valence-electron chi connectivity index (χ3n) is 4.56. The van der Waals surface area contributed by atoms with Gasteiger partial charge < -0.3 is 9.84 Å². The van der Waals surface area contributed by atoms with Crippen LogP contribution < -0.4 is 10.3 Å². The lowest BCUT2D eigenvalue weighted by molar-refractivity contribution is 0.0914. The normalized spacial score (nSPS) is 12.2. The van der Waals surface area contributed by atoms with Crippen LogP contribution in [0.3, 0.4) is 0 Å². The number of rotatable bonds is 6. The smallest absolute Gasteiger partial charge is 0.262 e. The summed E-state index contributed by atoms with van der Waals surface area (Å²) in [6.45, 7) is 2.19. The molecule has 1 N–H and O–H groups in total. The first kappa shape index (κ1) is 19.8. The molecule has 0 amide bonds. The van der Waals surface area contributed by atoms with Crippen LogP contribution >= 0.6 is 27.3 Å². The number of aromatic nitrogens is 2. The summed E-state index contributed by atoms with van der Waals surface area (Å²) >= 11 is 4.87. The molecule has 148 valence electrons. The van der Waals surface area contributed by atoms with E-state index in [-0.39, 0.29) is 18.7 Å². The van der Waals surface area contributed by atoms with E-state index in [0.29, 0.717) is 16.0 Å². The van der Waals surface area contributed by atoms with Gasteiger partial charge in [0.05, 0.1) is 18.3 Å². The summed E-state index contributed by atoms with van der Waals surface area (Å²) < 4.78 is 8.08. The number of fused-ring (bicyclic) bond motifs is 1. The van der Waals surface area contributed by atoms with Crippen LogP contribution in [0.1, 0.15) is 5.56 Å². The summed E-state index contributed by atoms with van der Waals surface area (Å²) in [6, 6.07) is 15.4. The first-order valence-electron chi connectivity index (χ1n) is 9.11. The van der Waals surface area contributed by atoms with Gasteiger partial charge in [-0.1, -0.05) is 40.2 Å². The number of aliphatic hydroxyl groups excluding tert-OH is 1. The zero-order valence-electron chi connectivity index (χ0n) is 15.7. The molecular formula is C22H19BrN2O3S. The van der Waals surface area contributed by atoms with Gasteiger partial charge in [0.25, 0.3) is 5.56 Å². The zero-order valence-corrected chi connectivity index (χ0v) is 18.1. The van der Waals surface area contributed by atoms with E-state index in [1.807, 2.05) is 60.8 Å². The maximum absolute atomic E-state index is 13.1. The van der Waals surface area contributed by atoms with Gasteiger partial charge in [0.15, 0.2) is 0 Å². The lowest BCUT2D eigenvalue weighted by Gasteiger charge is -2.14. The zero-order chi connectivity index (χ0) is 20.4.